The van der Waals surface area contributed by atoms with Crippen LogP contribution in [0.5, 0.6) is 0 Å². The second-order valence-electron chi connectivity index (χ2n) is 19.3. The van der Waals surface area contributed by atoms with Crippen LogP contribution in [0.1, 0.15) is 22.3 Å². The molecule has 4 aromatic heterocycles. The summed E-state index contributed by atoms with van der Waals surface area (Å²) in [5, 5.41) is 1.83. The number of hydrogen-bond donors (Lipinski definition) is 0. The van der Waals surface area contributed by atoms with Crippen LogP contribution in [-0.4, -0.2) is 18.1 Å². The van der Waals surface area contributed by atoms with Gasteiger partial charge in [-0.3, -0.25) is 19.2 Å². The van der Waals surface area contributed by atoms with Crippen LogP contribution in [0.2, 0.25) is 0 Å². The van der Waals surface area contributed by atoms with Crippen LogP contribution in [0.15, 0.2) is 238 Å². The van der Waals surface area contributed by atoms with Crippen molar-refractivity contribution >= 4 is 43.6 Å². The molecule has 1 spiro atoms. The van der Waals surface area contributed by atoms with E-state index in [-0.39, 0.29) is 16.7 Å². The van der Waals surface area contributed by atoms with E-state index in [4.69, 9.17) is 0 Å². The average molecular weight is 937 g/mol. The van der Waals surface area contributed by atoms with Crippen molar-refractivity contribution in [2.45, 2.75) is 5.41 Å². The molecule has 0 bridgehead atoms. The van der Waals surface area contributed by atoms with E-state index < -0.39 is 11.0 Å². The lowest BCUT2D eigenvalue weighted by atomic mass is 9.70. The van der Waals surface area contributed by atoms with E-state index in [9.17, 15) is 4.79 Å². The molecule has 73 heavy (non-hydrogen) atoms. The first-order valence-electron chi connectivity index (χ1n) is 24.4. The minimum absolute atomic E-state index is 0.374. The first kappa shape index (κ1) is 39.9. The van der Waals surface area contributed by atoms with Gasteiger partial charge in [-0.05, 0) is 114 Å². The SMILES string of the molecule is O=c1c2cc3c(cc2n2c4cccc(-c5ccccc5)c4c(=O)n12)C1(c2ccccc2-c2c1cc1c(c2-c2ccccc2)c(=O)n2c(=O)c4c(-c5ccccc5)cccc4n12)c1cccc(-c2ccccc2)c1-3. The molecule has 2 aliphatic rings. The molecular formula is C65H36N4O4. The summed E-state index contributed by atoms with van der Waals surface area (Å²) in [4.78, 5) is 60.5. The minimum atomic E-state index is -1.03. The number of nitrogens with zero attached hydrogens (tertiary/aromatic N) is 4. The molecule has 0 amide bonds. The zero-order valence-corrected chi connectivity index (χ0v) is 38.7. The van der Waals surface area contributed by atoms with E-state index >= 15 is 14.4 Å². The van der Waals surface area contributed by atoms with Crippen molar-refractivity contribution in [3.8, 4) is 66.8 Å². The van der Waals surface area contributed by atoms with Crippen LogP contribution in [0.4, 0.5) is 0 Å². The van der Waals surface area contributed by atoms with Gasteiger partial charge in [-0.2, -0.15) is 9.03 Å². The van der Waals surface area contributed by atoms with Gasteiger partial charge in [0.2, 0.25) is 0 Å². The average Bonchev–Trinajstić information content (AvgIpc) is 4.26. The fourth-order valence-electron chi connectivity index (χ4n) is 13.2. The Balaban J connectivity index is 1.11. The standard InChI is InChI=1S/C65H36N4O4/c70-61-46-34-45-49(35-53(46)66-51-32-16-28-42(38-20-7-2-8-21-38)58(51)62(71)68(61)66)65(48-31-15-27-41(56(45)48)37-18-5-1-6-19-37)47-30-14-13-26-44(47)57-50(65)36-54-60(55(57)40-24-11-4-12-25-40)64(73)69-63(72)59-43(39-22-9-3-10-23-39)29-17-33-52(59)67(54)69/h1-36H. The molecule has 0 saturated carbocycles. The third-order valence-corrected chi connectivity index (χ3v) is 15.9. The van der Waals surface area contributed by atoms with Crippen molar-refractivity contribution in [3.05, 3.63) is 282 Å². The van der Waals surface area contributed by atoms with Crippen molar-refractivity contribution in [2.24, 2.45) is 0 Å². The molecule has 4 heterocycles. The lowest BCUT2D eigenvalue weighted by Gasteiger charge is -2.31. The Hall–Kier alpha value is -9.92. The summed E-state index contributed by atoms with van der Waals surface area (Å²) in [6, 6.07) is 72.9. The molecule has 0 saturated heterocycles. The number of fused-ring (bicyclic) bond motifs is 20. The molecule has 8 nitrogen and oxygen atoms in total. The normalized spacial score (nSPS) is 14.6. The summed E-state index contributed by atoms with van der Waals surface area (Å²) in [5.74, 6) is 0. The third-order valence-electron chi connectivity index (χ3n) is 15.9. The highest BCUT2D eigenvalue weighted by Crippen LogP contribution is 2.66. The molecule has 340 valence electrons. The molecule has 0 aliphatic heterocycles. The monoisotopic (exact) mass is 936 g/mol. The smallest absolute Gasteiger partial charge is 0.267 e. The van der Waals surface area contributed by atoms with Crippen molar-refractivity contribution in [1.29, 1.82) is 0 Å². The summed E-state index contributed by atoms with van der Waals surface area (Å²) < 4.78 is 6.27. The van der Waals surface area contributed by atoms with Gasteiger partial charge >= 0.3 is 0 Å². The maximum Gasteiger partial charge on any atom is 0.283 e. The largest absolute Gasteiger partial charge is 0.283 e. The van der Waals surface area contributed by atoms with Crippen molar-refractivity contribution in [1.82, 2.24) is 18.1 Å². The van der Waals surface area contributed by atoms with Gasteiger partial charge in [0.05, 0.1) is 49.0 Å². The van der Waals surface area contributed by atoms with E-state index in [2.05, 4.69) is 60.7 Å². The molecular weight excluding hydrogens is 901 g/mol. The predicted molar refractivity (Wildman–Crippen MR) is 291 cm³/mol. The van der Waals surface area contributed by atoms with Crippen molar-refractivity contribution in [3.63, 3.8) is 0 Å². The van der Waals surface area contributed by atoms with Crippen LogP contribution < -0.4 is 22.2 Å². The maximum absolute atomic E-state index is 15.5. The molecule has 0 radical (unpaired) electrons. The van der Waals surface area contributed by atoms with E-state index in [1.807, 2.05) is 167 Å². The summed E-state index contributed by atoms with van der Waals surface area (Å²) in [7, 11) is 0. The summed E-state index contributed by atoms with van der Waals surface area (Å²) in [6.45, 7) is 0. The zero-order chi connectivity index (χ0) is 48.4. The lowest BCUT2D eigenvalue weighted by molar-refractivity contribution is 0.792. The van der Waals surface area contributed by atoms with Gasteiger partial charge in [0, 0.05) is 5.56 Å². The Bertz CT molecular complexity index is 4980. The quantitative estimate of drug-likeness (QED) is 0.176. The molecule has 8 heteroatoms. The van der Waals surface area contributed by atoms with E-state index in [1.165, 1.54) is 9.03 Å². The van der Waals surface area contributed by atoms with E-state index in [0.717, 1.165) is 89.0 Å². The molecule has 2 aliphatic carbocycles. The molecule has 0 fully saturated rings. The lowest BCUT2D eigenvalue weighted by Crippen LogP contribution is -2.26. The van der Waals surface area contributed by atoms with Crippen molar-refractivity contribution in [2.75, 3.05) is 0 Å². The second kappa shape index (κ2) is 14.1. The Morgan fingerprint density at radius 3 is 1.33 bits per heavy atom. The van der Waals surface area contributed by atoms with Crippen LogP contribution >= 0.6 is 0 Å². The fraction of sp³-hybridized carbons (Fsp3) is 0.0154. The summed E-state index contributed by atoms with van der Waals surface area (Å²) >= 11 is 0. The Morgan fingerprint density at radius 1 is 0.260 bits per heavy atom. The maximum atomic E-state index is 15.5. The molecule has 16 rings (SSSR count). The fourth-order valence-corrected chi connectivity index (χ4v) is 13.2. The summed E-state index contributed by atoms with van der Waals surface area (Å²) in [5.41, 5.74) is 14.5. The molecule has 10 aromatic carbocycles. The number of rotatable bonds is 4. The van der Waals surface area contributed by atoms with E-state index in [1.54, 1.807) is 0 Å². The van der Waals surface area contributed by atoms with Gasteiger partial charge in [0.25, 0.3) is 22.2 Å². The highest BCUT2D eigenvalue weighted by molar-refractivity contribution is 6.12. The highest BCUT2D eigenvalue weighted by Gasteiger charge is 2.54. The Morgan fingerprint density at radius 2 is 0.712 bits per heavy atom. The van der Waals surface area contributed by atoms with Gasteiger partial charge in [-0.25, -0.2) is 9.03 Å². The first-order chi connectivity index (χ1) is 35.9. The minimum Gasteiger partial charge on any atom is -0.267 e. The van der Waals surface area contributed by atoms with Crippen molar-refractivity contribution < 1.29 is 0 Å². The molecule has 1 unspecified atom stereocenters. The Kier molecular flexibility index (Phi) is 7.71. The summed E-state index contributed by atoms with van der Waals surface area (Å²) in [6.07, 6.45) is 0. The number of benzene rings is 10. The van der Waals surface area contributed by atoms with Crippen LogP contribution in [-0.2, 0) is 5.41 Å². The third kappa shape index (κ3) is 4.84. The van der Waals surface area contributed by atoms with E-state index in [0.29, 0.717) is 43.6 Å². The molecule has 0 N–H and O–H groups in total. The van der Waals surface area contributed by atoms with Crippen LogP contribution in [0, 0.1) is 0 Å². The predicted octanol–water partition coefficient (Wildman–Crippen LogP) is 12.3. The van der Waals surface area contributed by atoms with Crippen LogP contribution in [0.25, 0.3) is 110 Å². The van der Waals surface area contributed by atoms with Gasteiger partial charge in [-0.15, -0.1) is 0 Å². The topological polar surface area (TPSA) is 85.9 Å². The highest BCUT2D eigenvalue weighted by atomic mass is 16.2. The van der Waals surface area contributed by atoms with Crippen LogP contribution in [0.3, 0.4) is 0 Å². The molecule has 14 aromatic rings. The van der Waals surface area contributed by atoms with Gasteiger partial charge in [-0.1, -0.05) is 188 Å². The zero-order valence-electron chi connectivity index (χ0n) is 38.7. The first-order valence-corrected chi connectivity index (χ1v) is 24.4. The number of hydrogen-bond acceptors (Lipinski definition) is 4. The van der Waals surface area contributed by atoms with Gasteiger partial charge < -0.3 is 0 Å². The number of aromatic nitrogens is 4. The Labute approximate surface area is 414 Å². The molecule has 1 atom stereocenters. The van der Waals surface area contributed by atoms with Gasteiger partial charge in [0.1, 0.15) is 0 Å². The van der Waals surface area contributed by atoms with Gasteiger partial charge in [0.15, 0.2) is 0 Å². The second-order valence-corrected chi connectivity index (χ2v) is 19.3.